The van der Waals surface area contributed by atoms with Crippen molar-refractivity contribution in [2.75, 3.05) is 0 Å². The number of rotatable bonds is 3. The van der Waals surface area contributed by atoms with Gasteiger partial charge in [0.05, 0.1) is 0 Å². The Kier molecular flexibility index (Phi) is 5.70. The molecule has 0 bridgehead atoms. The topological polar surface area (TPSA) is 26.3 Å². The third-order valence-corrected chi connectivity index (χ3v) is 10.4. The van der Waals surface area contributed by atoms with Crippen molar-refractivity contribution in [2.45, 2.75) is 0 Å². The molecule has 0 amide bonds. The van der Waals surface area contributed by atoms with E-state index in [2.05, 4.69) is 164 Å². The Balaban J connectivity index is 1.21. The van der Waals surface area contributed by atoms with Crippen molar-refractivity contribution in [1.29, 1.82) is 0 Å². The Bertz CT molecular complexity index is 3080. The van der Waals surface area contributed by atoms with Crippen molar-refractivity contribution >= 4 is 76.2 Å². The molecule has 232 valence electrons. The average Bonchev–Trinajstić information content (AvgIpc) is 3.73. The molecular weight excluding hydrogens is 609 g/mol. The van der Waals surface area contributed by atoms with Gasteiger partial charge in [0, 0.05) is 27.1 Å². The summed E-state index contributed by atoms with van der Waals surface area (Å²) in [6, 6.07) is 60.7. The Hall–Kier alpha value is -6.64. The van der Waals surface area contributed by atoms with Crippen molar-refractivity contribution in [3.63, 3.8) is 0 Å². The molecule has 2 nitrogen and oxygen atoms in total. The molecule has 0 fully saturated rings. The zero-order valence-electron chi connectivity index (χ0n) is 27.0. The van der Waals surface area contributed by atoms with Gasteiger partial charge in [-0.2, -0.15) is 0 Å². The fourth-order valence-electron chi connectivity index (χ4n) is 8.25. The van der Waals surface area contributed by atoms with Gasteiger partial charge in [0.25, 0.3) is 0 Å². The second-order valence-corrected chi connectivity index (χ2v) is 13.2. The molecule has 0 unspecified atom stereocenters. The number of para-hydroxylation sites is 1. The van der Waals surface area contributed by atoms with E-state index in [4.69, 9.17) is 8.83 Å². The van der Waals surface area contributed by atoms with E-state index in [0.717, 1.165) is 66.0 Å². The highest BCUT2D eigenvalue weighted by Crippen LogP contribution is 2.47. The maximum absolute atomic E-state index is 6.76. The summed E-state index contributed by atoms with van der Waals surface area (Å²) >= 11 is 0. The van der Waals surface area contributed by atoms with Crippen LogP contribution in [0.25, 0.3) is 110 Å². The summed E-state index contributed by atoms with van der Waals surface area (Å²) in [5.41, 5.74) is 10.5. The molecule has 11 aromatic rings. The van der Waals surface area contributed by atoms with Crippen LogP contribution in [0, 0.1) is 0 Å². The van der Waals surface area contributed by atoms with Gasteiger partial charge in [-0.05, 0) is 90.5 Å². The van der Waals surface area contributed by atoms with Gasteiger partial charge in [0.15, 0.2) is 0 Å². The van der Waals surface area contributed by atoms with Gasteiger partial charge in [0.2, 0.25) is 0 Å². The van der Waals surface area contributed by atoms with Gasteiger partial charge in [0.1, 0.15) is 22.3 Å². The van der Waals surface area contributed by atoms with Gasteiger partial charge >= 0.3 is 0 Å². The highest BCUT2D eigenvalue weighted by atomic mass is 16.3. The SMILES string of the molecule is c1ccc(-c2c3ccccc3c(-c3cccc(-c4cc5oc6cc7ccccc7cc6c5c5c4oc4ccccc45)c3)c3ccccc23)cc1. The van der Waals surface area contributed by atoms with Crippen LogP contribution in [-0.4, -0.2) is 0 Å². The Labute approximate surface area is 287 Å². The molecule has 0 saturated heterocycles. The average molecular weight is 637 g/mol. The standard InChI is InChI=1S/C48H28O2/c1-2-13-29(14-3-1)44-34-19-6-8-21-36(34)45(37-22-9-7-20-35(37)44)33-18-12-17-32(25-33)39-28-43-46(47-38-23-10-11-24-41(38)50-48(39)47)40-26-30-15-4-5-16-31(30)27-42(40)49-43/h1-28H. The van der Waals surface area contributed by atoms with Crippen LogP contribution in [0.3, 0.4) is 0 Å². The number of hydrogen-bond acceptors (Lipinski definition) is 2. The van der Waals surface area contributed by atoms with E-state index in [1.807, 2.05) is 6.07 Å². The lowest BCUT2D eigenvalue weighted by Crippen LogP contribution is -1.91. The van der Waals surface area contributed by atoms with Gasteiger partial charge in [-0.1, -0.05) is 140 Å². The summed E-state index contributed by atoms with van der Waals surface area (Å²) in [4.78, 5) is 0. The Morgan fingerprint density at radius 3 is 1.58 bits per heavy atom. The fraction of sp³-hybridized carbons (Fsp3) is 0. The largest absolute Gasteiger partial charge is 0.456 e. The van der Waals surface area contributed by atoms with Gasteiger partial charge < -0.3 is 8.83 Å². The van der Waals surface area contributed by atoms with Crippen LogP contribution in [0.5, 0.6) is 0 Å². The second kappa shape index (κ2) is 10.4. The van der Waals surface area contributed by atoms with E-state index in [9.17, 15) is 0 Å². The lowest BCUT2D eigenvalue weighted by molar-refractivity contribution is 0.664. The first-order valence-corrected chi connectivity index (χ1v) is 17.1. The number of benzene rings is 9. The summed E-state index contributed by atoms with van der Waals surface area (Å²) in [6.45, 7) is 0. The molecule has 0 aliphatic rings. The molecule has 2 heterocycles. The summed E-state index contributed by atoms with van der Waals surface area (Å²) in [5.74, 6) is 0. The second-order valence-electron chi connectivity index (χ2n) is 13.2. The molecule has 50 heavy (non-hydrogen) atoms. The highest BCUT2D eigenvalue weighted by molar-refractivity contribution is 6.29. The van der Waals surface area contributed by atoms with E-state index in [-0.39, 0.29) is 0 Å². The van der Waals surface area contributed by atoms with E-state index in [1.54, 1.807) is 0 Å². The predicted octanol–water partition coefficient (Wildman–Crippen LogP) is 13.9. The molecule has 0 saturated carbocycles. The van der Waals surface area contributed by atoms with Crippen LogP contribution >= 0.6 is 0 Å². The van der Waals surface area contributed by atoms with Crippen LogP contribution in [-0.2, 0) is 0 Å². The summed E-state index contributed by atoms with van der Waals surface area (Å²) in [6.07, 6.45) is 0. The van der Waals surface area contributed by atoms with E-state index >= 15 is 0 Å². The lowest BCUT2D eigenvalue weighted by Gasteiger charge is -2.18. The molecule has 11 rings (SSSR count). The summed E-state index contributed by atoms with van der Waals surface area (Å²) in [5, 5.41) is 11.7. The molecule has 0 radical (unpaired) electrons. The molecule has 0 aliphatic carbocycles. The molecule has 0 N–H and O–H groups in total. The van der Waals surface area contributed by atoms with E-state index in [1.165, 1.54) is 43.6 Å². The van der Waals surface area contributed by atoms with Crippen molar-refractivity contribution in [2.24, 2.45) is 0 Å². The lowest BCUT2D eigenvalue weighted by atomic mass is 9.85. The van der Waals surface area contributed by atoms with Crippen LogP contribution in [0.4, 0.5) is 0 Å². The third kappa shape index (κ3) is 3.90. The Morgan fingerprint density at radius 2 is 0.860 bits per heavy atom. The first kappa shape index (κ1) is 27.3. The Morgan fingerprint density at radius 1 is 0.300 bits per heavy atom. The molecule has 2 heteroatoms. The number of hydrogen-bond donors (Lipinski definition) is 0. The molecule has 0 spiro atoms. The van der Waals surface area contributed by atoms with Crippen molar-refractivity contribution in [3.05, 3.63) is 170 Å². The quantitative estimate of drug-likeness (QED) is 0.180. The van der Waals surface area contributed by atoms with E-state index < -0.39 is 0 Å². The molecule has 9 aromatic carbocycles. The minimum absolute atomic E-state index is 0.859. The molecule has 0 aliphatic heterocycles. The van der Waals surface area contributed by atoms with Gasteiger partial charge in [-0.3, -0.25) is 0 Å². The maximum atomic E-state index is 6.76. The summed E-state index contributed by atoms with van der Waals surface area (Å²) in [7, 11) is 0. The third-order valence-electron chi connectivity index (χ3n) is 10.4. The van der Waals surface area contributed by atoms with Crippen molar-refractivity contribution in [1.82, 2.24) is 0 Å². The van der Waals surface area contributed by atoms with Gasteiger partial charge in [-0.25, -0.2) is 0 Å². The zero-order chi connectivity index (χ0) is 32.8. The van der Waals surface area contributed by atoms with E-state index in [0.29, 0.717) is 0 Å². The number of fused-ring (bicyclic) bond motifs is 10. The smallest absolute Gasteiger partial charge is 0.144 e. The van der Waals surface area contributed by atoms with Crippen LogP contribution in [0.1, 0.15) is 0 Å². The molecular formula is C48H28O2. The number of furan rings is 2. The monoisotopic (exact) mass is 636 g/mol. The van der Waals surface area contributed by atoms with Crippen LogP contribution < -0.4 is 0 Å². The maximum Gasteiger partial charge on any atom is 0.144 e. The van der Waals surface area contributed by atoms with Crippen LogP contribution in [0.2, 0.25) is 0 Å². The highest BCUT2D eigenvalue weighted by Gasteiger charge is 2.22. The predicted molar refractivity (Wildman–Crippen MR) is 210 cm³/mol. The molecule has 0 atom stereocenters. The van der Waals surface area contributed by atoms with Crippen molar-refractivity contribution < 1.29 is 8.83 Å². The minimum atomic E-state index is 0.859. The fourth-order valence-corrected chi connectivity index (χ4v) is 8.25. The summed E-state index contributed by atoms with van der Waals surface area (Å²) < 4.78 is 13.5. The first-order valence-electron chi connectivity index (χ1n) is 17.1. The minimum Gasteiger partial charge on any atom is -0.456 e. The van der Waals surface area contributed by atoms with Crippen molar-refractivity contribution in [3.8, 4) is 33.4 Å². The first-order chi connectivity index (χ1) is 24.8. The van der Waals surface area contributed by atoms with Crippen LogP contribution in [0.15, 0.2) is 179 Å². The molecule has 2 aromatic heterocycles. The normalized spacial score (nSPS) is 12.0. The van der Waals surface area contributed by atoms with Gasteiger partial charge in [-0.15, -0.1) is 0 Å². The zero-order valence-corrected chi connectivity index (χ0v) is 27.0.